The molecule has 74 valence electrons. The Morgan fingerprint density at radius 2 is 2.15 bits per heavy atom. The summed E-state index contributed by atoms with van der Waals surface area (Å²) in [5.41, 5.74) is 0. The van der Waals surface area contributed by atoms with Crippen LogP contribution in [0.3, 0.4) is 0 Å². The molecule has 0 aromatic carbocycles. The van der Waals surface area contributed by atoms with Gasteiger partial charge in [0.25, 0.3) is 0 Å². The number of nitrogens with zero attached hydrogens (tertiary/aromatic N) is 3. The Bertz CT molecular complexity index is 257. The van der Waals surface area contributed by atoms with Gasteiger partial charge in [0.1, 0.15) is 18.4 Å². The van der Waals surface area contributed by atoms with Crippen molar-refractivity contribution >= 4 is 0 Å². The van der Waals surface area contributed by atoms with Gasteiger partial charge in [-0.05, 0) is 19.8 Å². The van der Waals surface area contributed by atoms with E-state index in [2.05, 4.69) is 23.9 Å². The van der Waals surface area contributed by atoms with Gasteiger partial charge in [0, 0.05) is 0 Å². The van der Waals surface area contributed by atoms with Crippen molar-refractivity contribution in [3.8, 4) is 0 Å². The maximum Gasteiger partial charge on any atom is 0.149 e. The summed E-state index contributed by atoms with van der Waals surface area (Å²) in [5.74, 6) is 1.33. The fourth-order valence-electron chi connectivity index (χ4n) is 0.945. The maximum atomic E-state index is 5.56. The van der Waals surface area contributed by atoms with Crippen LogP contribution < -0.4 is 0 Å². The molecule has 0 saturated carbocycles. The molecule has 0 N–H and O–H groups in total. The Labute approximate surface area is 78.9 Å². The number of rotatable bonds is 4. The van der Waals surface area contributed by atoms with Crippen molar-refractivity contribution in [3.63, 3.8) is 0 Å². The van der Waals surface area contributed by atoms with Gasteiger partial charge >= 0.3 is 0 Å². The van der Waals surface area contributed by atoms with Crippen molar-refractivity contribution in [2.24, 2.45) is 5.92 Å². The van der Waals surface area contributed by atoms with Gasteiger partial charge in [0.15, 0.2) is 0 Å². The minimum atomic E-state index is -0.0244. The van der Waals surface area contributed by atoms with Crippen LogP contribution in [0.2, 0.25) is 0 Å². The van der Waals surface area contributed by atoms with Crippen LogP contribution in [-0.2, 0) is 4.74 Å². The van der Waals surface area contributed by atoms with Crippen molar-refractivity contribution in [1.82, 2.24) is 14.8 Å². The molecule has 0 spiro atoms. The van der Waals surface area contributed by atoms with Crippen LogP contribution in [0.4, 0.5) is 0 Å². The molecular formula is C9H17N3O. The minimum Gasteiger partial charge on any atom is -0.356 e. The monoisotopic (exact) mass is 183 g/mol. The van der Waals surface area contributed by atoms with E-state index in [1.807, 2.05) is 13.8 Å². The maximum absolute atomic E-state index is 5.56. The summed E-state index contributed by atoms with van der Waals surface area (Å²) in [6, 6.07) is 0. The van der Waals surface area contributed by atoms with Crippen LogP contribution in [0.15, 0.2) is 6.33 Å². The van der Waals surface area contributed by atoms with E-state index in [0.717, 1.165) is 12.4 Å². The van der Waals surface area contributed by atoms with E-state index in [0.29, 0.717) is 5.92 Å². The highest BCUT2D eigenvalue weighted by Crippen LogP contribution is 2.07. The lowest BCUT2D eigenvalue weighted by molar-refractivity contribution is -0.00668. The summed E-state index contributed by atoms with van der Waals surface area (Å²) >= 11 is 0. The van der Waals surface area contributed by atoms with E-state index in [4.69, 9.17) is 4.74 Å². The fourth-order valence-corrected chi connectivity index (χ4v) is 0.945. The summed E-state index contributed by atoms with van der Waals surface area (Å²) in [6.45, 7) is 8.83. The minimum absolute atomic E-state index is 0.0244. The SMILES string of the molecule is Cc1ncn(C(C)OCC(C)C)n1. The Hall–Kier alpha value is -0.900. The van der Waals surface area contributed by atoms with Gasteiger partial charge in [-0.25, -0.2) is 9.67 Å². The molecule has 1 unspecified atom stereocenters. The summed E-state index contributed by atoms with van der Waals surface area (Å²) < 4.78 is 7.30. The van der Waals surface area contributed by atoms with Crippen LogP contribution in [-0.4, -0.2) is 21.4 Å². The Morgan fingerprint density at radius 3 is 2.62 bits per heavy atom. The van der Waals surface area contributed by atoms with Crippen molar-refractivity contribution in [3.05, 3.63) is 12.2 Å². The van der Waals surface area contributed by atoms with Crippen LogP contribution in [0, 0.1) is 12.8 Å². The summed E-state index contributed by atoms with van der Waals surface area (Å²) in [4.78, 5) is 4.04. The predicted molar refractivity (Wildman–Crippen MR) is 50.3 cm³/mol. The van der Waals surface area contributed by atoms with E-state index in [1.165, 1.54) is 0 Å². The number of aromatic nitrogens is 3. The molecule has 13 heavy (non-hydrogen) atoms. The highest BCUT2D eigenvalue weighted by atomic mass is 16.5. The fraction of sp³-hybridized carbons (Fsp3) is 0.778. The molecule has 0 aliphatic rings. The molecule has 1 aromatic heterocycles. The van der Waals surface area contributed by atoms with Crippen molar-refractivity contribution < 1.29 is 4.74 Å². The van der Waals surface area contributed by atoms with Crippen molar-refractivity contribution in [2.75, 3.05) is 6.61 Å². The summed E-state index contributed by atoms with van der Waals surface area (Å²) in [7, 11) is 0. The molecule has 1 aromatic rings. The lowest BCUT2D eigenvalue weighted by atomic mass is 10.2. The second-order valence-electron chi connectivity index (χ2n) is 3.60. The average molecular weight is 183 g/mol. The van der Waals surface area contributed by atoms with Crippen molar-refractivity contribution in [1.29, 1.82) is 0 Å². The molecule has 0 aliphatic heterocycles. The molecule has 1 rings (SSSR count). The second kappa shape index (κ2) is 4.37. The molecule has 0 saturated heterocycles. The zero-order valence-electron chi connectivity index (χ0n) is 8.69. The van der Waals surface area contributed by atoms with E-state index in [1.54, 1.807) is 11.0 Å². The van der Waals surface area contributed by atoms with Crippen LogP contribution in [0.1, 0.15) is 32.8 Å². The molecule has 4 nitrogen and oxygen atoms in total. The highest BCUT2D eigenvalue weighted by molar-refractivity contribution is 4.75. The van der Waals surface area contributed by atoms with Gasteiger partial charge in [0.05, 0.1) is 6.61 Å². The van der Waals surface area contributed by atoms with Crippen LogP contribution in [0.25, 0.3) is 0 Å². The molecule has 1 atom stereocenters. The number of ether oxygens (including phenoxy) is 1. The van der Waals surface area contributed by atoms with Gasteiger partial charge in [-0.15, -0.1) is 0 Å². The summed E-state index contributed by atoms with van der Waals surface area (Å²) in [6.07, 6.45) is 1.67. The molecule has 0 amide bonds. The molecule has 0 aliphatic carbocycles. The third kappa shape index (κ3) is 3.14. The Morgan fingerprint density at radius 1 is 1.46 bits per heavy atom. The first-order valence-electron chi connectivity index (χ1n) is 4.59. The average Bonchev–Trinajstić information content (AvgIpc) is 2.47. The van der Waals surface area contributed by atoms with E-state index >= 15 is 0 Å². The molecular weight excluding hydrogens is 166 g/mol. The highest BCUT2D eigenvalue weighted by Gasteiger charge is 2.06. The summed E-state index contributed by atoms with van der Waals surface area (Å²) in [5, 5.41) is 4.17. The van der Waals surface area contributed by atoms with E-state index < -0.39 is 0 Å². The molecule has 0 radical (unpaired) electrons. The first kappa shape index (κ1) is 10.2. The van der Waals surface area contributed by atoms with E-state index in [9.17, 15) is 0 Å². The molecule has 1 heterocycles. The zero-order valence-corrected chi connectivity index (χ0v) is 8.69. The first-order valence-corrected chi connectivity index (χ1v) is 4.59. The quantitative estimate of drug-likeness (QED) is 0.714. The van der Waals surface area contributed by atoms with Gasteiger partial charge in [-0.1, -0.05) is 13.8 Å². The van der Waals surface area contributed by atoms with Gasteiger partial charge < -0.3 is 4.74 Å². The van der Waals surface area contributed by atoms with Gasteiger partial charge in [-0.3, -0.25) is 0 Å². The second-order valence-corrected chi connectivity index (χ2v) is 3.60. The normalized spacial score (nSPS) is 13.6. The largest absolute Gasteiger partial charge is 0.356 e. The lowest BCUT2D eigenvalue weighted by Crippen LogP contribution is -2.13. The molecule has 4 heteroatoms. The number of hydrogen-bond acceptors (Lipinski definition) is 3. The zero-order chi connectivity index (χ0) is 9.84. The number of hydrogen-bond donors (Lipinski definition) is 0. The van der Waals surface area contributed by atoms with Crippen LogP contribution >= 0.6 is 0 Å². The number of aryl methyl sites for hydroxylation is 1. The molecule has 0 bridgehead atoms. The Kier molecular flexibility index (Phi) is 3.42. The van der Waals surface area contributed by atoms with Gasteiger partial charge in [-0.2, -0.15) is 5.10 Å². The van der Waals surface area contributed by atoms with Gasteiger partial charge in [0.2, 0.25) is 0 Å². The smallest absolute Gasteiger partial charge is 0.149 e. The lowest BCUT2D eigenvalue weighted by Gasteiger charge is -2.14. The topological polar surface area (TPSA) is 39.9 Å². The predicted octanol–water partition coefficient (Wildman–Crippen LogP) is 1.78. The van der Waals surface area contributed by atoms with Crippen molar-refractivity contribution in [2.45, 2.75) is 33.9 Å². The van der Waals surface area contributed by atoms with Crippen LogP contribution in [0.5, 0.6) is 0 Å². The first-order chi connectivity index (χ1) is 6.09. The third-order valence-corrected chi connectivity index (χ3v) is 1.67. The third-order valence-electron chi connectivity index (χ3n) is 1.67. The standard InChI is InChI=1S/C9H17N3O/c1-7(2)5-13-9(4)12-6-10-8(3)11-12/h6-7,9H,5H2,1-4H3. The van der Waals surface area contributed by atoms with E-state index in [-0.39, 0.29) is 6.23 Å². The molecule has 0 fully saturated rings. The Balaban J connectivity index is 2.44.